The van der Waals surface area contributed by atoms with Crippen molar-refractivity contribution in [2.24, 2.45) is 0 Å². The van der Waals surface area contributed by atoms with Gasteiger partial charge >= 0.3 is 0 Å². The molecule has 1 N–H and O–H groups in total. The number of carbonyl (C=O) groups excluding carboxylic acids is 2. The summed E-state index contributed by atoms with van der Waals surface area (Å²) >= 11 is 0. The van der Waals surface area contributed by atoms with Crippen LogP contribution in [-0.4, -0.2) is 35.4 Å². The molecule has 2 unspecified atom stereocenters. The van der Waals surface area contributed by atoms with E-state index in [4.69, 9.17) is 4.74 Å². The summed E-state index contributed by atoms with van der Waals surface area (Å²) in [5.41, 5.74) is 3.47. The molecule has 0 spiro atoms. The lowest BCUT2D eigenvalue weighted by atomic mass is 9.97. The van der Waals surface area contributed by atoms with Gasteiger partial charge in [-0.1, -0.05) is 12.1 Å². The van der Waals surface area contributed by atoms with Crippen LogP contribution in [0.4, 0.5) is 5.69 Å². The number of amides is 2. The summed E-state index contributed by atoms with van der Waals surface area (Å²) in [4.78, 5) is 27.0. The van der Waals surface area contributed by atoms with E-state index in [2.05, 4.69) is 19.2 Å². The van der Waals surface area contributed by atoms with E-state index in [0.717, 1.165) is 29.7 Å². The number of hydrogen-bond donors (Lipinski definition) is 1. The fourth-order valence-corrected chi connectivity index (χ4v) is 3.90. The number of nitrogens with zero attached hydrogens (tertiary/aromatic N) is 1. The average Bonchev–Trinajstić information content (AvgIpc) is 2.69. The fraction of sp³-hybridized carbons (Fsp3) is 0.417. The zero-order valence-electron chi connectivity index (χ0n) is 17.7. The molecule has 1 aliphatic rings. The van der Waals surface area contributed by atoms with Crippen LogP contribution in [-0.2, 0) is 4.79 Å². The molecule has 2 aromatic rings. The van der Waals surface area contributed by atoms with Crippen molar-refractivity contribution in [1.29, 1.82) is 0 Å². The maximum atomic E-state index is 12.6. The Morgan fingerprint density at radius 3 is 2.34 bits per heavy atom. The van der Waals surface area contributed by atoms with Gasteiger partial charge in [0.05, 0.1) is 0 Å². The van der Waals surface area contributed by atoms with Gasteiger partial charge in [0.2, 0.25) is 0 Å². The summed E-state index contributed by atoms with van der Waals surface area (Å²) in [5, 5.41) is 2.95. The lowest BCUT2D eigenvalue weighted by molar-refractivity contribution is -0.139. The molecule has 0 aromatic heterocycles. The number of benzene rings is 2. The van der Waals surface area contributed by atoms with Crippen molar-refractivity contribution >= 4 is 17.5 Å². The summed E-state index contributed by atoms with van der Waals surface area (Å²) in [6.07, 6.45) is 3.25. The quantitative estimate of drug-likeness (QED) is 0.798. The Hall–Kier alpha value is -2.82. The van der Waals surface area contributed by atoms with E-state index in [1.165, 1.54) is 6.42 Å². The summed E-state index contributed by atoms with van der Waals surface area (Å²) in [7, 11) is 0. The Morgan fingerprint density at radius 1 is 1.03 bits per heavy atom. The molecule has 0 aliphatic carbocycles. The van der Waals surface area contributed by atoms with Gasteiger partial charge in [0.1, 0.15) is 5.75 Å². The molecule has 3 rings (SSSR count). The molecule has 5 heteroatoms. The summed E-state index contributed by atoms with van der Waals surface area (Å²) in [6, 6.07) is 13.4. The zero-order chi connectivity index (χ0) is 21.0. The number of aryl methyl sites for hydroxylation is 2. The second-order valence-electron chi connectivity index (χ2n) is 8.02. The third-order valence-corrected chi connectivity index (χ3v) is 5.60. The van der Waals surface area contributed by atoms with E-state index in [0.29, 0.717) is 11.3 Å². The Bertz CT molecular complexity index is 866. The molecule has 2 atom stereocenters. The fourth-order valence-electron chi connectivity index (χ4n) is 3.90. The van der Waals surface area contributed by atoms with Crippen LogP contribution in [0.3, 0.4) is 0 Å². The largest absolute Gasteiger partial charge is 0.484 e. The second kappa shape index (κ2) is 9.12. The van der Waals surface area contributed by atoms with Crippen LogP contribution in [0.5, 0.6) is 5.75 Å². The summed E-state index contributed by atoms with van der Waals surface area (Å²) < 4.78 is 5.68. The number of ether oxygens (including phenoxy) is 1. The van der Waals surface area contributed by atoms with Crippen molar-refractivity contribution in [3.8, 4) is 5.75 Å². The molecular formula is C24H30N2O3. The van der Waals surface area contributed by atoms with Crippen LogP contribution < -0.4 is 10.1 Å². The molecule has 1 aliphatic heterocycles. The summed E-state index contributed by atoms with van der Waals surface area (Å²) in [6.45, 7) is 8.16. The number of likely N-dealkylation sites (tertiary alicyclic amines) is 1. The van der Waals surface area contributed by atoms with Gasteiger partial charge in [-0.15, -0.1) is 0 Å². The molecule has 5 nitrogen and oxygen atoms in total. The lowest BCUT2D eigenvalue weighted by Gasteiger charge is -2.38. The van der Waals surface area contributed by atoms with Crippen molar-refractivity contribution in [2.45, 2.75) is 59.0 Å². The molecule has 1 heterocycles. The maximum Gasteiger partial charge on any atom is 0.260 e. The van der Waals surface area contributed by atoms with Crippen LogP contribution in [0.25, 0.3) is 0 Å². The molecule has 29 heavy (non-hydrogen) atoms. The van der Waals surface area contributed by atoms with E-state index < -0.39 is 0 Å². The first-order valence-electron chi connectivity index (χ1n) is 10.3. The van der Waals surface area contributed by atoms with E-state index in [-0.39, 0.29) is 30.5 Å². The lowest BCUT2D eigenvalue weighted by Crippen LogP contribution is -2.49. The Balaban J connectivity index is 1.57. The molecule has 0 bridgehead atoms. The Morgan fingerprint density at radius 2 is 1.69 bits per heavy atom. The summed E-state index contributed by atoms with van der Waals surface area (Å²) in [5.74, 6) is 0.428. The number of piperidine rings is 1. The van der Waals surface area contributed by atoms with Gasteiger partial charge in [-0.3, -0.25) is 9.59 Å². The van der Waals surface area contributed by atoms with Crippen LogP contribution in [0, 0.1) is 13.8 Å². The molecular weight excluding hydrogens is 364 g/mol. The zero-order valence-corrected chi connectivity index (χ0v) is 17.7. The number of carbonyl (C=O) groups is 2. The van der Waals surface area contributed by atoms with Crippen LogP contribution in [0.1, 0.15) is 54.6 Å². The van der Waals surface area contributed by atoms with E-state index in [1.54, 1.807) is 24.3 Å². The highest BCUT2D eigenvalue weighted by Gasteiger charge is 2.28. The van der Waals surface area contributed by atoms with Gasteiger partial charge < -0.3 is 15.0 Å². The molecule has 0 saturated carbocycles. The molecule has 1 fully saturated rings. The highest BCUT2D eigenvalue weighted by atomic mass is 16.5. The van der Waals surface area contributed by atoms with Gasteiger partial charge in [-0.2, -0.15) is 0 Å². The minimum Gasteiger partial charge on any atom is -0.484 e. The number of anilines is 1. The number of nitrogens with one attached hydrogen (secondary N) is 1. The SMILES string of the molecule is Cc1ccc(C)c(NC(=O)c2ccc(OCC(=O)N3C(C)CCCC3C)cc2)c1. The van der Waals surface area contributed by atoms with Crippen LogP contribution in [0.2, 0.25) is 0 Å². The van der Waals surface area contributed by atoms with Crippen molar-refractivity contribution in [1.82, 2.24) is 4.90 Å². The van der Waals surface area contributed by atoms with Crippen molar-refractivity contribution in [2.75, 3.05) is 11.9 Å². The van der Waals surface area contributed by atoms with Gasteiger partial charge in [0.25, 0.3) is 11.8 Å². The first-order chi connectivity index (χ1) is 13.8. The monoisotopic (exact) mass is 394 g/mol. The Kier molecular flexibility index (Phi) is 6.57. The Labute approximate surface area is 173 Å². The predicted octanol–water partition coefficient (Wildman–Crippen LogP) is 4.72. The van der Waals surface area contributed by atoms with Gasteiger partial charge in [-0.05, 0) is 88.4 Å². The molecule has 1 saturated heterocycles. The normalized spacial score (nSPS) is 19.0. The first kappa shape index (κ1) is 20.9. The minimum atomic E-state index is -0.169. The topological polar surface area (TPSA) is 58.6 Å². The third kappa shape index (κ3) is 5.17. The van der Waals surface area contributed by atoms with E-state index in [9.17, 15) is 9.59 Å². The van der Waals surface area contributed by atoms with Gasteiger partial charge in [0.15, 0.2) is 6.61 Å². The van der Waals surface area contributed by atoms with Crippen molar-refractivity contribution in [3.63, 3.8) is 0 Å². The number of hydrogen-bond acceptors (Lipinski definition) is 3. The predicted molar refractivity (Wildman–Crippen MR) is 115 cm³/mol. The minimum absolute atomic E-state index is 0.0152. The van der Waals surface area contributed by atoms with Crippen molar-refractivity contribution < 1.29 is 14.3 Å². The van der Waals surface area contributed by atoms with Gasteiger partial charge in [0, 0.05) is 23.3 Å². The molecule has 2 amide bonds. The molecule has 154 valence electrons. The van der Waals surface area contributed by atoms with Crippen LogP contribution in [0.15, 0.2) is 42.5 Å². The average molecular weight is 395 g/mol. The van der Waals surface area contributed by atoms with Gasteiger partial charge in [-0.25, -0.2) is 0 Å². The van der Waals surface area contributed by atoms with E-state index in [1.807, 2.05) is 36.9 Å². The standard InChI is InChI=1S/C24H30N2O3/c1-16-8-9-17(2)22(14-16)25-24(28)20-10-12-21(13-11-20)29-15-23(27)26-18(3)6-5-7-19(26)4/h8-14,18-19H,5-7,15H2,1-4H3,(H,25,28). The van der Waals surface area contributed by atoms with Crippen molar-refractivity contribution in [3.05, 3.63) is 59.2 Å². The molecule has 0 radical (unpaired) electrons. The number of rotatable bonds is 5. The van der Waals surface area contributed by atoms with Crippen LogP contribution >= 0.6 is 0 Å². The highest BCUT2D eigenvalue weighted by molar-refractivity contribution is 6.04. The smallest absolute Gasteiger partial charge is 0.260 e. The first-order valence-corrected chi connectivity index (χ1v) is 10.3. The molecule has 2 aromatic carbocycles. The highest BCUT2D eigenvalue weighted by Crippen LogP contribution is 2.23. The third-order valence-electron chi connectivity index (χ3n) is 5.60. The second-order valence-corrected chi connectivity index (χ2v) is 8.02. The maximum absolute atomic E-state index is 12.6. The van der Waals surface area contributed by atoms with E-state index >= 15 is 0 Å².